The number of amides is 1. The minimum Gasteiger partial charge on any atom is -0.494 e. The van der Waals surface area contributed by atoms with Gasteiger partial charge in [-0.05, 0) is 55.6 Å². The van der Waals surface area contributed by atoms with Gasteiger partial charge < -0.3 is 9.15 Å². The number of carbonyl (C=O) groups excluding carboxylic acids is 1. The van der Waals surface area contributed by atoms with Crippen LogP contribution in [0.2, 0.25) is 0 Å². The van der Waals surface area contributed by atoms with Gasteiger partial charge in [0.1, 0.15) is 11.5 Å². The van der Waals surface area contributed by atoms with Crippen LogP contribution in [-0.4, -0.2) is 23.8 Å². The second-order valence-electron chi connectivity index (χ2n) is 6.23. The van der Waals surface area contributed by atoms with Crippen molar-refractivity contribution >= 4 is 44.4 Å². The Labute approximate surface area is 177 Å². The van der Waals surface area contributed by atoms with E-state index in [9.17, 15) is 4.79 Å². The highest BCUT2D eigenvalue weighted by Crippen LogP contribution is 2.34. The molecule has 0 atom stereocenters. The Balaban J connectivity index is 1.76. The van der Waals surface area contributed by atoms with Crippen molar-refractivity contribution in [2.75, 3.05) is 17.8 Å². The highest BCUT2D eigenvalue weighted by atomic mass is 32.2. The van der Waals surface area contributed by atoms with Crippen molar-refractivity contribution in [1.29, 1.82) is 0 Å². The minimum absolute atomic E-state index is 0.101. The van der Waals surface area contributed by atoms with E-state index in [4.69, 9.17) is 14.1 Å². The van der Waals surface area contributed by atoms with Gasteiger partial charge in [0.05, 0.1) is 35.2 Å². The molecule has 4 aromatic rings. The lowest BCUT2D eigenvalue weighted by atomic mass is 10.2. The number of thiazole rings is 1. The first-order chi connectivity index (χ1) is 14.2. The maximum absolute atomic E-state index is 13.5. The van der Waals surface area contributed by atoms with Crippen molar-refractivity contribution < 1.29 is 13.9 Å². The van der Waals surface area contributed by atoms with E-state index in [1.54, 1.807) is 22.9 Å². The summed E-state index contributed by atoms with van der Waals surface area (Å²) in [6.07, 6.45) is 3.58. The summed E-state index contributed by atoms with van der Waals surface area (Å²) in [7, 11) is 0. The molecule has 0 radical (unpaired) electrons. The van der Waals surface area contributed by atoms with Crippen LogP contribution in [0.15, 0.2) is 70.2 Å². The average molecular weight is 425 g/mol. The molecule has 5 nitrogen and oxygen atoms in total. The third-order valence-corrected chi connectivity index (χ3v) is 6.20. The molecule has 7 heteroatoms. The predicted molar refractivity (Wildman–Crippen MR) is 118 cm³/mol. The van der Waals surface area contributed by atoms with Gasteiger partial charge in [0.2, 0.25) is 0 Å². The molecule has 0 aliphatic heterocycles. The molecule has 0 saturated carbocycles. The number of carbonyl (C=O) groups is 1. The number of rotatable bonds is 7. The van der Waals surface area contributed by atoms with Crippen LogP contribution >= 0.6 is 23.1 Å². The van der Waals surface area contributed by atoms with E-state index in [-0.39, 0.29) is 5.91 Å². The number of hydrogen-bond acceptors (Lipinski definition) is 6. The fourth-order valence-corrected chi connectivity index (χ4v) is 4.60. The Morgan fingerprint density at radius 2 is 2.07 bits per heavy atom. The van der Waals surface area contributed by atoms with Gasteiger partial charge in [-0.15, -0.1) is 11.8 Å². The first-order valence-corrected chi connectivity index (χ1v) is 11.2. The molecule has 0 unspecified atom stereocenters. The Morgan fingerprint density at radius 3 is 2.83 bits per heavy atom. The summed E-state index contributed by atoms with van der Waals surface area (Å²) < 4.78 is 12.1. The zero-order valence-electron chi connectivity index (χ0n) is 16.1. The largest absolute Gasteiger partial charge is 0.494 e. The number of fused-ring (bicyclic) bond motifs is 1. The normalized spacial score (nSPS) is 11.0. The van der Waals surface area contributed by atoms with E-state index < -0.39 is 0 Å². The Hall–Kier alpha value is -2.77. The van der Waals surface area contributed by atoms with Crippen molar-refractivity contribution in [3.05, 3.63) is 72.2 Å². The first kappa shape index (κ1) is 19.5. The second-order valence-corrected chi connectivity index (χ2v) is 8.09. The van der Waals surface area contributed by atoms with E-state index in [1.807, 2.05) is 67.8 Å². The lowest BCUT2D eigenvalue weighted by Gasteiger charge is -2.20. The summed E-state index contributed by atoms with van der Waals surface area (Å²) in [5, 5.41) is 0.631. The topological polar surface area (TPSA) is 55.6 Å². The standard InChI is InChI=1S/C22H20N2O3S2/c1-3-26-15-10-11-18-20(13-15)29-22(23-18)24(14-16-7-6-12-27-16)21(25)17-8-4-5-9-19(17)28-2/h4-13H,3,14H2,1-2H3. The van der Waals surface area contributed by atoms with Crippen LogP contribution in [-0.2, 0) is 6.54 Å². The zero-order valence-corrected chi connectivity index (χ0v) is 17.8. The number of anilines is 1. The Bertz CT molecular complexity index is 1120. The molecule has 2 aromatic carbocycles. The SMILES string of the molecule is CCOc1ccc2nc(N(Cc3ccco3)C(=O)c3ccccc3SC)sc2c1. The first-order valence-electron chi connectivity index (χ1n) is 9.20. The average Bonchev–Trinajstić information content (AvgIpc) is 3.41. The van der Waals surface area contributed by atoms with E-state index in [1.165, 1.54) is 11.3 Å². The lowest BCUT2D eigenvalue weighted by molar-refractivity contribution is 0.0980. The molecule has 0 bridgehead atoms. The maximum Gasteiger partial charge on any atom is 0.261 e. The number of furan rings is 1. The molecule has 0 N–H and O–H groups in total. The number of nitrogens with zero attached hydrogens (tertiary/aromatic N) is 2. The second kappa shape index (κ2) is 8.71. The van der Waals surface area contributed by atoms with Gasteiger partial charge in [-0.25, -0.2) is 4.98 Å². The van der Waals surface area contributed by atoms with Crippen molar-refractivity contribution in [1.82, 2.24) is 4.98 Å². The molecule has 29 heavy (non-hydrogen) atoms. The highest BCUT2D eigenvalue weighted by Gasteiger charge is 2.24. The van der Waals surface area contributed by atoms with Crippen LogP contribution in [0, 0.1) is 0 Å². The molecule has 0 saturated heterocycles. The molecule has 0 spiro atoms. The molecule has 2 aromatic heterocycles. The smallest absolute Gasteiger partial charge is 0.261 e. The summed E-state index contributed by atoms with van der Waals surface area (Å²) in [6.45, 7) is 2.87. The molecule has 0 aliphatic carbocycles. The zero-order chi connectivity index (χ0) is 20.2. The monoisotopic (exact) mass is 424 g/mol. The number of thioether (sulfide) groups is 1. The molecule has 2 heterocycles. The summed E-state index contributed by atoms with van der Waals surface area (Å²) in [6, 6.07) is 17.1. The van der Waals surface area contributed by atoms with Gasteiger partial charge in [-0.3, -0.25) is 9.69 Å². The van der Waals surface area contributed by atoms with Gasteiger partial charge in [0.15, 0.2) is 5.13 Å². The van der Waals surface area contributed by atoms with Crippen LogP contribution in [0.25, 0.3) is 10.2 Å². The third kappa shape index (κ3) is 4.16. The van der Waals surface area contributed by atoms with Gasteiger partial charge in [0, 0.05) is 4.90 Å². The number of hydrogen-bond donors (Lipinski definition) is 0. The molecule has 0 aliphatic rings. The minimum atomic E-state index is -0.101. The summed E-state index contributed by atoms with van der Waals surface area (Å²) in [5.74, 6) is 1.40. The summed E-state index contributed by atoms with van der Waals surface area (Å²) in [4.78, 5) is 20.8. The number of ether oxygens (including phenoxy) is 1. The van der Waals surface area contributed by atoms with Crippen molar-refractivity contribution in [2.45, 2.75) is 18.4 Å². The van der Waals surface area contributed by atoms with Crippen molar-refractivity contribution in [2.24, 2.45) is 0 Å². The van der Waals surface area contributed by atoms with E-state index in [0.29, 0.717) is 29.6 Å². The molecular formula is C22H20N2O3S2. The van der Waals surface area contributed by atoms with E-state index in [0.717, 1.165) is 20.9 Å². The Kier molecular flexibility index (Phi) is 5.87. The molecular weight excluding hydrogens is 404 g/mol. The molecule has 0 fully saturated rings. The Morgan fingerprint density at radius 1 is 1.21 bits per heavy atom. The highest BCUT2D eigenvalue weighted by molar-refractivity contribution is 7.98. The van der Waals surface area contributed by atoms with E-state index >= 15 is 0 Å². The summed E-state index contributed by atoms with van der Waals surface area (Å²) in [5.41, 5.74) is 1.49. The van der Waals surface area contributed by atoms with Gasteiger partial charge >= 0.3 is 0 Å². The van der Waals surface area contributed by atoms with Crippen molar-refractivity contribution in [3.63, 3.8) is 0 Å². The van der Waals surface area contributed by atoms with Crippen LogP contribution in [0.1, 0.15) is 23.0 Å². The number of aromatic nitrogens is 1. The van der Waals surface area contributed by atoms with Crippen LogP contribution in [0.5, 0.6) is 5.75 Å². The molecule has 4 rings (SSSR count). The third-order valence-electron chi connectivity index (χ3n) is 4.37. The van der Waals surface area contributed by atoms with E-state index in [2.05, 4.69) is 0 Å². The molecule has 148 valence electrons. The van der Waals surface area contributed by atoms with Crippen LogP contribution in [0.4, 0.5) is 5.13 Å². The van der Waals surface area contributed by atoms with Crippen LogP contribution < -0.4 is 9.64 Å². The maximum atomic E-state index is 13.5. The molecule has 1 amide bonds. The fourth-order valence-electron chi connectivity index (χ4n) is 3.02. The van der Waals surface area contributed by atoms with Crippen LogP contribution in [0.3, 0.4) is 0 Å². The summed E-state index contributed by atoms with van der Waals surface area (Å²) >= 11 is 3.02. The van der Waals surface area contributed by atoms with Gasteiger partial charge in [0.25, 0.3) is 5.91 Å². The fraction of sp³-hybridized carbons (Fsp3) is 0.182. The van der Waals surface area contributed by atoms with Gasteiger partial charge in [-0.2, -0.15) is 0 Å². The number of benzene rings is 2. The van der Waals surface area contributed by atoms with Crippen molar-refractivity contribution in [3.8, 4) is 5.75 Å². The lowest BCUT2D eigenvalue weighted by Crippen LogP contribution is -2.30. The van der Waals surface area contributed by atoms with Gasteiger partial charge in [-0.1, -0.05) is 23.5 Å². The predicted octanol–water partition coefficient (Wildman–Crippen LogP) is 5.86. The quantitative estimate of drug-likeness (QED) is 0.348.